The van der Waals surface area contributed by atoms with Gasteiger partial charge in [0.2, 0.25) is 0 Å². The van der Waals surface area contributed by atoms with Crippen molar-refractivity contribution < 1.29 is 19.1 Å². The Bertz CT molecular complexity index is 585. The maximum atomic E-state index is 12.4. The van der Waals surface area contributed by atoms with Crippen LogP contribution in [0.1, 0.15) is 52.7 Å². The molecule has 0 aliphatic carbocycles. The zero-order valence-electron chi connectivity index (χ0n) is 15.6. The van der Waals surface area contributed by atoms with E-state index in [-0.39, 0.29) is 6.54 Å². The Labute approximate surface area is 144 Å². The van der Waals surface area contributed by atoms with Crippen LogP contribution in [0.5, 0.6) is 0 Å². The van der Waals surface area contributed by atoms with Crippen LogP contribution in [-0.2, 0) is 16.0 Å². The summed E-state index contributed by atoms with van der Waals surface area (Å²) in [6.07, 6.45) is -1.35. The number of nitrogens with one attached hydrogen (secondary N) is 1. The molecular weight excluding hydrogens is 308 g/mol. The summed E-state index contributed by atoms with van der Waals surface area (Å²) in [6, 6.07) is 7.67. The minimum Gasteiger partial charge on any atom is -0.443 e. The SMILES string of the molecule is Cc1cccc(CN(NC(=O)OC(C)(C)C)C(=O)OC(C)(C)C)c1. The molecule has 1 N–H and O–H groups in total. The van der Waals surface area contributed by atoms with E-state index in [1.165, 1.54) is 0 Å². The highest BCUT2D eigenvalue weighted by molar-refractivity contribution is 5.74. The predicted molar refractivity (Wildman–Crippen MR) is 92.3 cm³/mol. The third-order valence-corrected chi connectivity index (χ3v) is 2.66. The van der Waals surface area contributed by atoms with Crippen molar-refractivity contribution in [3.8, 4) is 0 Å². The van der Waals surface area contributed by atoms with E-state index in [9.17, 15) is 9.59 Å². The molecule has 1 aromatic rings. The lowest BCUT2D eigenvalue weighted by Gasteiger charge is -2.29. The standard InChI is InChI=1S/C18H28N2O4/c1-13-9-8-10-14(11-13)12-20(16(22)24-18(5,6)7)19-15(21)23-17(2,3)4/h8-11H,12H2,1-7H3,(H,19,21). The van der Waals surface area contributed by atoms with E-state index in [0.29, 0.717) is 0 Å². The molecule has 0 saturated heterocycles. The molecule has 0 heterocycles. The second-order valence-electron chi connectivity index (χ2n) is 7.67. The number of hydrogen-bond acceptors (Lipinski definition) is 4. The van der Waals surface area contributed by atoms with E-state index in [1.54, 1.807) is 41.5 Å². The van der Waals surface area contributed by atoms with E-state index in [4.69, 9.17) is 9.47 Å². The number of aryl methyl sites for hydroxylation is 1. The monoisotopic (exact) mass is 336 g/mol. The summed E-state index contributed by atoms with van der Waals surface area (Å²) in [4.78, 5) is 24.4. The predicted octanol–water partition coefficient (Wildman–Crippen LogP) is 4.17. The van der Waals surface area contributed by atoms with Crippen LogP contribution >= 0.6 is 0 Å². The molecule has 0 aliphatic heterocycles. The van der Waals surface area contributed by atoms with Gasteiger partial charge in [-0.1, -0.05) is 29.8 Å². The van der Waals surface area contributed by atoms with Gasteiger partial charge < -0.3 is 9.47 Å². The highest BCUT2D eigenvalue weighted by atomic mass is 16.6. The Morgan fingerprint density at radius 2 is 1.62 bits per heavy atom. The van der Waals surface area contributed by atoms with Gasteiger partial charge in [-0.15, -0.1) is 0 Å². The molecule has 0 unspecified atom stereocenters. The van der Waals surface area contributed by atoms with Gasteiger partial charge in [-0.05, 0) is 54.0 Å². The molecule has 0 aromatic heterocycles. The number of amides is 2. The van der Waals surface area contributed by atoms with Crippen molar-refractivity contribution in [1.29, 1.82) is 0 Å². The lowest BCUT2D eigenvalue weighted by atomic mass is 10.1. The lowest BCUT2D eigenvalue weighted by molar-refractivity contribution is -0.000658. The van der Waals surface area contributed by atoms with Gasteiger partial charge in [0.05, 0.1) is 6.54 Å². The molecule has 6 nitrogen and oxygen atoms in total. The molecule has 0 saturated carbocycles. The minimum absolute atomic E-state index is 0.176. The first-order valence-corrected chi connectivity index (χ1v) is 7.91. The average Bonchev–Trinajstić information content (AvgIpc) is 2.33. The van der Waals surface area contributed by atoms with Gasteiger partial charge in [-0.3, -0.25) is 0 Å². The second-order valence-corrected chi connectivity index (χ2v) is 7.67. The highest BCUT2D eigenvalue weighted by Gasteiger charge is 2.26. The minimum atomic E-state index is -0.707. The highest BCUT2D eigenvalue weighted by Crippen LogP contribution is 2.13. The first-order valence-electron chi connectivity index (χ1n) is 7.91. The van der Waals surface area contributed by atoms with E-state index >= 15 is 0 Å². The number of ether oxygens (including phenoxy) is 2. The van der Waals surface area contributed by atoms with Gasteiger partial charge in [0.15, 0.2) is 0 Å². The number of hydrogen-bond donors (Lipinski definition) is 1. The van der Waals surface area contributed by atoms with Gasteiger partial charge in [0.1, 0.15) is 11.2 Å². The topological polar surface area (TPSA) is 67.9 Å². The Morgan fingerprint density at radius 1 is 1.04 bits per heavy atom. The summed E-state index contributed by atoms with van der Waals surface area (Å²) in [5.74, 6) is 0. The molecule has 0 bridgehead atoms. The molecule has 0 atom stereocenters. The van der Waals surface area contributed by atoms with Gasteiger partial charge in [-0.2, -0.15) is 0 Å². The quantitative estimate of drug-likeness (QED) is 0.823. The number of rotatable bonds is 2. The first kappa shape index (κ1) is 19.8. The van der Waals surface area contributed by atoms with Crippen molar-refractivity contribution in [2.75, 3.05) is 0 Å². The van der Waals surface area contributed by atoms with Gasteiger partial charge >= 0.3 is 12.2 Å². The van der Waals surface area contributed by atoms with Crippen LogP contribution in [0.15, 0.2) is 24.3 Å². The summed E-state index contributed by atoms with van der Waals surface area (Å²) in [5.41, 5.74) is 3.07. The summed E-state index contributed by atoms with van der Waals surface area (Å²) >= 11 is 0. The van der Waals surface area contributed by atoms with Crippen molar-refractivity contribution >= 4 is 12.2 Å². The Hall–Kier alpha value is -2.24. The van der Waals surface area contributed by atoms with Crippen LogP contribution in [0, 0.1) is 6.92 Å². The third-order valence-electron chi connectivity index (χ3n) is 2.66. The smallest absolute Gasteiger partial charge is 0.429 e. The fraction of sp³-hybridized carbons (Fsp3) is 0.556. The molecule has 1 aromatic carbocycles. The zero-order chi connectivity index (χ0) is 18.5. The third kappa shape index (κ3) is 7.85. The van der Waals surface area contributed by atoms with Gasteiger partial charge in [0, 0.05) is 0 Å². The molecule has 0 aliphatic rings. The van der Waals surface area contributed by atoms with Crippen LogP contribution in [0.25, 0.3) is 0 Å². The maximum Gasteiger partial charge on any atom is 0.429 e. The van der Waals surface area contributed by atoms with E-state index < -0.39 is 23.4 Å². The molecule has 6 heteroatoms. The first-order chi connectivity index (χ1) is 10.9. The van der Waals surface area contributed by atoms with Gasteiger partial charge in [0.25, 0.3) is 0 Å². The molecule has 1 rings (SSSR count). The summed E-state index contributed by atoms with van der Waals surface area (Å²) in [7, 11) is 0. The fourth-order valence-corrected chi connectivity index (χ4v) is 1.87. The molecule has 24 heavy (non-hydrogen) atoms. The Kier molecular flexibility index (Phi) is 6.23. The van der Waals surface area contributed by atoms with Crippen LogP contribution in [0.2, 0.25) is 0 Å². The molecule has 0 radical (unpaired) electrons. The van der Waals surface area contributed by atoms with E-state index in [0.717, 1.165) is 16.1 Å². The number of hydrazine groups is 1. The van der Waals surface area contributed by atoms with Crippen molar-refractivity contribution in [1.82, 2.24) is 10.4 Å². The van der Waals surface area contributed by atoms with Crippen LogP contribution in [-0.4, -0.2) is 28.4 Å². The maximum absolute atomic E-state index is 12.4. The molecule has 2 amide bonds. The average molecular weight is 336 g/mol. The van der Waals surface area contributed by atoms with Crippen molar-refractivity contribution in [2.24, 2.45) is 0 Å². The van der Waals surface area contributed by atoms with Crippen molar-refractivity contribution in [3.63, 3.8) is 0 Å². The number of carbonyl (C=O) groups is 2. The lowest BCUT2D eigenvalue weighted by Crippen LogP contribution is -2.49. The van der Waals surface area contributed by atoms with Crippen molar-refractivity contribution in [2.45, 2.75) is 66.2 Å². The van der Waals surface area contributed by atoms with Gasteiger partial charge in [-0.25, -0.2) is 20.0 Å². The molecule has 0 spiro atoms. The Balaban J connectivity index is 2.90. The van der Waals surface area contributed by atoms with Crippen LogP contribution in [0.3, 0.4) is 0 Å². The van der Waals surface area contributed by atoms with Crippen LogP contribution < -0.4 is 5.43 Å². The molecule has 134 valence electrons. The van der Waals surface area contributed by atoms with Crippen molar-refractivity contribution in [3.05, 3.63) is 35.4 Å². The summed E-state index contributed by atoms with van der Waals surface area (Å²) in [6.45, 7) is 12.7. The molecule has 0 fully saturated rings. The van der Waals surface area contributed by atoms with E-state index in [2.05, 4.69) is 5.43 Å². The number of carbonyl (C=O) groups excluding carboxylic acids is 2. The Morgan fingerprint density at radius 3 is 2.12 bits per heavy atom. The van der Waals surface area contributed by atoms with E-state index in [1.807, 2.05) is 31.2 Å². The number of benzene rings is 1. The normalized spacial score (nSPS) is 11.6. The molecular formula is C18H28N2O4. The fourth-order valence-electron chi connectivity index (χ4n) is 1.87. The second kappa shape index (κ2) is 7.55. The zero-order valence-corrected chi connectivity index (χ0v) is 15.6. The van der Waals surface area contributed by atoms with Crippen LogP contribution in [0.4, 0.5) is 9.59 Å². The number of nitrogens with zero attached hydrogens (tertiary/aromatic N) is 1. The summed E-state index contributed by atoms with van der Waals surface area (Å²) in [5, 5.41) is 1.12. The largest absolute Gasteiger partial charge is 0.443 e. The summed E-state index contributed by atoms with van der Waals surface area (Å²) < 4.78 is 10.6.